The summed E-state index contributed by atoms with van der Waals surface area (Å²) in [6.45, 7) is -0.367. The Hall–Kier alpha value is -1.35. The minimum atomic E-state index is -3.76. The number of rotatable bonds is 3. The number of likely N-dealkylation sites (tertiary alicyclic amines) is 1. The van der Waals surface area contributed by atoms with Crippen LogP contribution in [0.5, 0.6) is 0 Å². The van der Waals surface area contributed by atoms with Gasteiger partial charge in [0.25, 0.3) is 10.1 Å². The van der Waals surface area contributed by atoms with E-state index in [0.717, 1.165) is 6.26 Å². The van der Waals surface area contributed by atoms with Crippen molar-refractivity contribution in [1.82, 2.24) is 4.90 Å². The molecule has 1 aliphatic rings. The standard InChI is InChI=1S/C7H11NO7S/c1-16(13,14)15-4-2-5(6(9)10)8(3-4)7(11)12/h4-5H,2-3H2,1H3,(H,9,10)(H,11,12)/p-2/t4-,5-/m0/s1. The Morgan fingerprint density at radius 2 is 1.94 bits per heavy atom. The second kappa shape index (κ2) is 4.26. The Balaban J connectivity index is 2.77. The highest BCUT2D eigenvalue weighted by molar-refractivity contribution is 7.86. The molecule has 1 heterocycles. The maximum absolute atomic E-state index is 10.8. The molecule has 1 saturated heterocycles. The summed E-state index contributed by atoms with van der Waals surface area (Å²) >= 11 is 0. The number of carbonyl (C=O) groups excluding carboxylic acids is 2. The molecule has 0 spiro atoms. The van der Waals surface area contributed by atoms with Gasteiger partial charge in [-0.15, -0.1) is 0 Å². The zero-order valence-electron chi connectivity index (χ0n) is 8.28. The van der Waals surface area contributed by atoms with Crippen LogP contribution in [0.3, 0.4) is 0 Å². The lowest BCUT2D eigenvalue weighted by Crippen LogP contribution is -2.51. The van der Waals surface area contributed by atoms with Gasteiger partial charge in [-0.3, -0.25) is 4.18 Å². The Bertz CT molecular complexity index is 381. The van der Waals surface area contributed by atoms with Gasteiger partial charge in [0.05, 0.1) is 24.4 Å². The van der Waals surface area contributed by atoms with Crippen LogP contribution in [-0.4, -0.2) is 50.3 Å². The van der Waals surface area contributed by atoms with Gasteiger partial charge >= 0.3 is 0 Å². The van der Waals surface area contributed by atoms with Gasteiger partial charge in [-0.2, -0.15) is 8.42 Å². The van der Waals surface area contributed by atoms with Gasteiger partial charge in [-0.1, -0.05) is 0 Å². The van der Waals surface area contributed by atoms with Crippen molar-refractivity contribution in [2.45, 2.75) is 18.6 Å². The van der Waals surface area contributed by atoms with E-state index < -0.39 is 34.3 Å². The van der Waals surface area contributed by atoms with E-state index in [1.165, 1.54) is 0 Å². The Labute approximate surface area is 91.5 Å². The highest BCUT2D eigenvalue weighted by Gasteiger charge is 2.35. The summed E-state index contributed by atoms with van der Waals surface area (Å²) in [6.07, 6.45) is -2.20. The van der Waals surface area contributed by atoms with Crippen molar-refractivity contribution >= 4 is 22.2 Å². The van der Waals surface area contributed by atoms with Gasteiger partial charge in [0.1, 0.15) is 6.09 Å². The Morgan fingerprint density at radius 1 is 1.38 bits per heavy atom. The molecule has 1 amide bonds. The largest absolute Gasteiger partial charge is 0.548 e. The molecule has 0 bridgehead atoms. The number of nitrogens with zero attached hydrogens (tertiary/aromatic N) is 1. The van der Waals surface area contributed by atoms with Gasteiger partial charge in [0, 0.05) is 13.0 Å². The third-order valence-electron chi connectivity index (χ3n) is 2.08. The van der Waals surface area contributed by atoms with Crippen LogP contribution in [0.4, 0.5) is 4.79 Å². The zero-order chi connectivity index (χ0) is 12.5. The van der Waals surface area contributed by atoms with Crippen LogP contribution in [0.15, 0.2) is 0 Å². The molecule has 92 valence electrons. The van der Waals surface area contributed by atoms with Gasteiger partial charge < -0.3 is 24.7 Å². The quantitative estimate of drug-likeness (QED) is 0.476. The summed E-state index contributed by atoms with van der Waals surface area (Å²) in [5, 5.41) is 21.1. The van der Waals surface area contributed by atoms with Crippen molar-refractivity contribution in [1.29, 1.82) is 0 Å². The fourth-order valence-electron chi connectivity index (χ4n) is 1.54. The lowest BCUT2D eigenvalue weighted by molar-refractivity contribution is -0.314. The first-order chi connectivity index (χ1) is 7.20. The summed E-state index contributed by atoms with van der Waals surface area (Å²) < 4.78 is 26.1. The summed E-state index contributed by atoms with van der Waals surface area (Å²) in [4.78, 5) is 21.6. The van der Waals surface area contributed by atoms with Crippen LogP contribution >= 0.6 is 0 Å². The van der Waals surface area contributed by atoms with Crippen molar-refractivity contribution < 1.29 is 32.4 Å². The fraction of sp³-hybridized carbons (Fsp3) is 0.714. The molecule has 0 aliphatic carbocycles. The van der Waals surface area contributed by atoms with Crippen LogP contribution in [0.1, 0.15) is 6.42 Å². The van der Waals surface area contributed by atoms with Crippen molar-refractivity contribution in [3.63, 3.8) is 0 Å². The highest BCUT2D eigenvalue weighted by Crippen LogP contribution is 2.20. The molecule has 2 atom stereocenters. The molecular weight excluding hydrogens is 242 g/mol. The molecule has 0 radical (unpaired) electrons. The number of carboxylic acids is 1. The fourth-order valence-corrected chi connectivity index (χ4v) is 2.17. The van der Waals surface area contributed by atoms with E-state index in [1.54, 1.807) is 0 Å². The summed E-state index contributed by atoms with van der Waals surface area (Å²) in [7, 11) is -3.76. The molecule has 16 heavy (non-hydrogen) atoms. The molecule has 0 saturated carbocycles. The molecule has 1 aliphatic heterocycles. The van der Waals surface area contributed by atoms with Crippen molar-refractivity contribution in [2.75, 3.05) is 12.8 Å². The summed E-state index contributed by atoms with van der Waals surface area (Å²) in [5.74, 6) is -1.61. The monoisotopic (exact) mass is 251 g/mol. The zero-order valence-corrected chi connectivity index (χ0v) is 9.10. The average molecular weight is 251 g/mol. The minimum absolute atomic E-state index is 0.274. The van der Waals surface area contributed by atoms with E-state index in [4.69, 9.17) is 0 Å². The average Bonchev–Trinajstić information content (AvgIpc) is 2.44. The van der Waals surface area contributed by atoms with E-state index in [2.05, 4.69) is 4.18 Å². The number of amides is 1. The number of carbonyl (C=O) groups is 2. The van der Waals surface area contributed by atoms with E-state index in [-0.39, 0.29) is 13.0 Å². The Morgan fingerprint density at radius 3 is 2.25 bits per heavy atom. The first-order valence-corrected chi connectivity index (χ1v) is 6.09. The first-order valence-electron chi connectivity index (χ1n) is 4.27. The molecule has 1 fully saturated rings. The normalized spacial score (nSPS) is 25.7. The van der Waals surface area contributed by atoms with Crippen LogP contribution in [-0.2, 0) is 19.1 Å². The molecule has 0 aromatic heterocycles. The molecule has 0 unspecified atom stereocenters. The first kappa shape index (κ1) is 12.7. The molecule has 9 heteroatoms. The van der Waals surface area contributed by atoms with Crippen molar-refractivity contribution in [3.8, 4) is 0 Å². The van der Waals surface area contributed by atoms with Crippen molar-refractivity contribution in [3.05, 3.63) is 0 Å². The van der Waals surface area contributed by atoms with E-state index >= 15 is 0 Å². The van der Waals surface area contributed by atoms with Crippen LogP contribution in [0.25, 0.3) is 0 Å². The maximum Gasteiger partial charge on any atom is 0.264 e. The van der Waals surface area contributed by atoms with Crippen LogP contribution in [0, 0.1) is 0 Å². The van der Waals surface area contributed by atoms with E-state index in [9.17, 15) is 28.2 Å². The molecule has 0 N–H and O–H groups in total. The molecule has 8 nitrogen and oxygen atoms in total. The van der Waals surface area contributed by atoms with E-state index in [0.29, 0.717) is 4.90 Å². The third kappa shape index (κ3) is 3.07. The van der Waals surface area contributed by atoms with Crippen LogP contribution < -0.4 is 10.2 Å². The number of hydrogen-bond acceptors (Lipinski definition) is 7. The number of aliphatic carboxylic acids is 1. The van der Waals surface area contributed by atoms with Gasteiger partial charge in [0.2, 0.25) is 0 Å². The maximum atomic E-state index is 10.8. The van der Waals surface area contributed by atoms with Gasteiger partial charge in [-0.05, 0) is 0 Å². The minimum Gasteiger partial charge on any atom is -0.548 e. The second-order valence-corrected chi connectivity index (χ2v) is 5.01. The Kier molecular flexibility index (Phi) is 3.38. The van der Waals surface area contributed by atoms with Crippen molar-refractivity contribution in [2.24, 2.45) is 0 Å². The molecule has 0 aromatic carbocycles. The topological polar surface area (TPSA) is 127 Å². The number of carboxylic acid groups (broad SMARTS) is 2. The van der Waals surface area contributed by atoms with Gasteiger partial charge in [-0.25, -0.2) is 0 Å². The summed E-state index contributed by atoms with van der Waals surface area (Å²) in [5.41, 5.74) is 0. The smallest absolute Gasteiger partial charge is 0.264 e. The predicted octanol–water partition coefficient (Wildman–Crippen LogP) is -3.50. The lowest BCUT2D eigenvalue weighted by Gasteiger charge is -2.26. The lowest BCUT2D eigenvalue weighted by atomic mass is 10.2. The van der Waals surface area contributed by atoms with Crippen LogP contribution in [0.2, 0.25) is 0 Å². The molecule has 1 rings (SSSR count). The molecule has 0 aromatic rings. The highest BCUT2D eigenvalue weighted by atomic mass is 32.2. The SMILES string of the molecule is CS(=O)(=O)O[C@H]1C[C@@H](C(=O)[O-])N(C(=O)[O-])C1. The third-order valence-corrected chi connectivity index (χ3v) is 2.70. The van der Waals surface area contributed by atoms with Gasteiger partial charge in [0.15, 0.2) is 0 Å². The summed E-state index contributed by atoms with van der Waals surface area (Å²) in [6, 6.07) is -1.43. The second-order valence-electron chi connectivity index (χ2n) is 3.41. The van der Waals surface area contributed by atoms with E-state index in [1.807, 2.05) is 0 Å². The molecular formula is C7H9NO7S-2. The predicted molar refractivity (Wildman–Crippen MR) is 45.2 cm³/mol. The number of hydrogen-bond donors (Lipinski definition) is 0.